The van der Waals surface area contributed by atoms with E-state index in [2.05, 4.69) is 20.9 Å². The zero-order valence-electron chi connectivity index (χ0n) is 6.41. The molecule has 0 saturated heterocycles. The van der Waals surface area contributed by atoms with Crippen molar-refractivity contribution in [3.8, 4) is 0 Å². The molecular formula is C8H5BrClNO2. The number of aromatic nitrogens is 1. The maximum atomic E-state index is 5.73. The fourth-order valence-corrected chi connectivity index (χ4v) is 1.56. The number of hydrogen-bond donors (Lipinski definition) is 0. The lowest BCUT2D eigenvalue weighted by atomic mass is 10.2. The van der Waals surface area contributed by atoms with Crippen LogP contribution in [0.1, 0.15) is 11.9 Å². The predicted octanol–water partition coefficient (Wildman–Crippen LogP) is 3.01. The summed E-state index contributed by atoms with van der Waals surface area (Å²) in [5.41, 5.74) is 0.824. The predicted molar refractivity (Wildman–Crippen MR) is 51.0 cm³/mol. The number of pyridine rings is 1. The van der Waals surface area contributed by atoms with E-state index >= 15 is 0 Å². The number of rotatable bonds is 1. The van der Waals surface area contributed by atoms with Gasteiger partial charge in [-0.05, 0) is 22.0 Å². The monoisotopic (exact) mass is 261 g/mol. The highest BCUT2D eigenvalue weighted by Crippen LogP contribution is 2.30. The van der Waals surface area contributed by atoms with E-state index in [0.717, 1.165) is 10.0 Å². The van der Waals surface area contributed by atoms with Crippen LogP contribution in [-0.4, -0.2) is 4.98 Å². The summed E-state index contributed by atoms with van der Waals surface area (Å²) >= 11 is 9.06. The van der Waals surface area contributed by atoms with E-state index in [1.807, 2.05) is 0 Å². The Morgan fingerprint density at radius 2 is 2.08 bits per heavy atom. The Hall–Kier alpha value is -0.740. The zero-order valence-corrected chi connectivity index (χ0v) is 8.75. The van der Waals surface area contributed by atoms with Gasteiger partial charge in [-0.3, -0.25) is 0 Å². The third-order valence-electron chi connectivity index (χ3n) is 1.57. The van der Waals surface area contributed by atoms with Crippen molar-refractivity contribution in [1.82, 2.24) is 4.98 Å². The third-order valence-corrected chi connectivity index (χ3v) is 2.43. The summed E-state index contributed by atoms with van der Waals surface area (Å²) in [4.78, 5) is 3.90. The molecule has 0 atom stereocenters. The van der Waals surface area contributed by atoms with Crippen molar-refractivity contribution < 1.29 is 9.47 Å². The van der Waals surface area contributed by atoms with Gasteiger partial charge in [0.2, 0.25) is 0 Å². The summed E-state index contributed by atoms with van der Waals surface area (Å²) in [5.74, 6) is 0. The van der Waals surface area contributed by atoms with Gasteiger partial charge in [-0.25, -0.2) is 4.98 Å². The van der Waals surface area contributed by atoms with Crippen LogP contribution in [0.2, 0.25) is 5.15 Å². The molecule has 5 heteroatoms. The molecule has 2 heterocycles. The molecule has 68 valence electrons. The standard InChI is InChI=1S/C8H5BrClNO2/c9-6-4-11-7(10)3-5(6)8-12-1-2-13-8/h1-4,8H. The Labute approximate surface area is 88.4 Å². The zero-order chi connectivity index (χ0) is 9.26. The molecule has 0 aliphatic carbocycles. The first-order valence-electron chi connectivity index (χ1n) is 3.54. The smallest absolute Gasteiger partial charge is 0.267 e. The maximum Gasteiger partial charge on any atom is 0.267 e. The highest BCUT2D eigenvalue weighted by atomic mass is 79.9. The molecule has 0 unspecified atom stereocenters. The molecular weight excluding hydrogens is 257 g/mol. The van der Waals surface area contributed by atoms with Crippen LogP contribution in [0, 0.1) is 0 Å². The first-order valence-corrected chi connectivity index (χ1v) is 4.71. The normalized spacial score (nSPS) is 15.5. The van der Waals surface area contributed by atoms with Crippen LogP contribution < -0.4 is 0 Å². The largest absolute Gasteiger partial charge is 0.455 e. The Morgan fingerprint density at radius 3 is 2.77 bits per heavy atom. The van der Waals surface area contributed by atoms with Gasteiger partial charge < -0.3 is 9.47 Å². The molecule has 1 aliphatic rings. The van der Waals surface area contributed by atoms with Crippen LogP contribution >= 0.6 is 27.5 Å². The average Bonchev–Trinajstić information content (AvgIpc) is 2.61. The molecule has 1 aromatic heterocycles. The van der Waals surface area contributed by atoms with Gasteiger partial charge in [-0.2, -0.15) is 0 Å². The first-order chi connectivity index (χ1) is 6.27. The van der Waals surface area contributed by atoms with E-state index in [0.29, 0.717) is 5.15 Å². The summed E-state index contributed by atoms with van der Waals surface area (Å²) < 4.78 is 11.1. The van der Waals surface area contributed by atoms with Crippen LogP contribution in [0.5, 0.6) is 0 Å². The van der Waals surface area contributed by atoms with E-state index in [1.165, 1.54) is 12.5 Å². The summed E-state index contributed by atoms with van der Waals surface area (Å²) in [7, 11) is 0. The minimum atomic E-state index is -0.421. The van der Waals surface area contributed by atoms with Crippen LogP contribution in [0.25, 0.3) is 0 Å². The van der Waals surface area contributed by atoms with Crippen molar-refractivity contribution in [2.45, 2.75) is 6.29 Å². The van der Waals surface area contributed by atoms with Gasteiger partial charge in [-0.15, -0.1) is 0 Å². The number of halogens is 2. The molecule has 0 saturated carbocycles. The number of hydrogen-bond acceptors (Lipinski definition) is 3. The molecule has 1 aliphatic heterocycles. The summed E-state index contributed by atoms with van der Waals surface area (Å²) in [5, 5.41) is 0.414. The Kier molecular flexibility index (Phi) is 2.42. The molecule has 1 aromatic rings. The molecule has 0 radical (unpaired) electrons. The molecule has 0 aromatic carbocycles. The summed E-state index contributed by atoms with van der Waals surface area (Å²) in [6.07, 6.45) is 4.18. The first kappa shape index (κ1) is 8.84. The topological polar surface area (TPSA) is 31.4 Å². The van der Waals surface area contributed by atoms with E-state index in [9.17, 15) is 0 Å². The molecule has 13 heavy (non-hydrogen) atoms. The minimum absolute atomic E-state index is 0.414. The van der Waals surface area contributed by atoms with Gasteiger partial charge in [0.25, 0.3) is 6.29 Å². The Balaban J connectivity index is 2.33. The fourth-order valence-electron chi connectivity index (χ4n) is 0.994. The van der Waals surface area contributed by atoms with E-state index in [-0.39, 0.29) is 0 Å². The van der Waals surface area contributed by atoms with Crippen molar-refractivity contribution in [3.63, 3.8) is 0 Å². The van der Waals surface area contributed by atoms with Gasteiger partial charge >= 0.3 is 0 Å². The number of nitrogens with zero attached hydrogens (tertiary/aromatic N) is 1. The van der Waals surface area contributed by atoms with Crippen molar-refractivity contribution in [1.29, 1.82) is 0 Å². The van der Waals surface area contributed by atoms with Crippen LogP contribution in [-0.2, 0) is 9.47 Å². The van der Waals surface area contributed by atoms with Crippen molar-refractivity contribution in [3.05, 3.63) is 40.0 Å². The SMILES string of the molecule is Clc1cc(C2OC=CO2)c(Br)cn1. The van der Waals surface area contributed by atoms with Gasteiger partial charge in [0.1, 0.15) is 17.7 Å². The van der Waals surface area contributed by atoms with Gasteiger partial charge in [-0.1, -0.05) is 11.6 Å². The second kappa shape index (κ2) is 3.55. The van der Waals surface area contributed by atoms with E-state index in [1.54, 1.807) is 12.3 Å². The van der Waals surface area contributed by atoms with E-state index < -0.39 is 6.29 Å². The minimum Gasteiger partial charge on any atom is -0.455 e. The molecule has 0 bridgehead atoms. The number of ether oxygens (including phenoxy) is 2. The van der Waals surface area contributed by atoms with Gasteiger partial charge in [0.05, 0.1) is 5.56 Å². The van der Waals surface area contributed by atoms with Crippen molar-refractivity contribution in [2.75, 3.05) is 0 Å². The highest BCUT2D eigenvalue weighted by Gasteiger charge is 2.19. The molecule has 0 fully saturated rings. The van der Waals surface area contributed by atoms with Crippen LogP contribution in [0.15, 0.2) is 29.3 Å². The summed E-state index contributed by atoms with van der Waals surface area (Å²) in [6, 6.07) is 1.70. The van der Waals surface area contributed by atoms with Crippen molar-refractivity contribution in [2.24, 2.45) is 0 Å². The van der Waals surface area contributed by atoms with Crippen LogP contribution in [0.4, 0.5) is 0 Å². The van der Waals surface area contributed by atoms with Crippen LogP contribution in [0.3, 0.4) is 0 Å². The highest BCUT2D eigenvalue weighted by molar-refractivity contribution is 9.10. The Bertz CT molecular complexity index is 348. The second-order valence-electron chi connectivity index (χ2n) is 2.40. The maximum absolute atomic E-state index is 5.73. The molecule has 3 nitrogen and oxygen atoms in total. The quantitative estimate of drug-likeness (QED) is 0.729. The lowest BCUT2D eigenvalue weighted by molar-refractivity contribution is -0.0252. The lowest BCUT2D eigenvalue weighted by Gasteiger charge is -2.11. The molecule has 0 amide bonds. The molecule has 2 rings (SSSR count). The average molecular weight is 262 g/mol. The Morgan fingerprint density at radius 1 is 1.38 bits per heavy atom. The second-order valence-corrected chi connectivity index (χ2v) is 3.65. The van der Waals surface area contributed by atoms with Crippen molar-refractivity contribution >= 4 is 27.5 Å². The summed E-state index contributed by atoms with van der Waals surface area (Å²) in [6.45, 7) is 0. The molecule has 0 N–H and O–H groups in total. The van der Waals surface area contributed by atoms with E-state index in [4.69, 9.17) is 21.1 Å². The molecule has 0 spiro atoms. The van der Waals surface area contributed by atoms with Gasteiger partial charge in [0.15, 0.2) is 0 Å². The third kappa shape index (κ3) is 1.78. The fraction of sp³-hybridized carbons (Fsp3) is 0.125. The lowest BCUT2D eigenvalue weighted by Crippen LogP contribution is -1.99. The van der Waals surface area contributed by atoms with Gasteiger partial charge in [0, 0.05) is 10.7 Å².